The number of hydrogen-bond donors (Lipinski definition) is 1. The van der Waals surface area contributed by atoms with E-state index >= 15 is 0 Å². The Morgan fingerprint density at radius 1 is 1.16 bits per heavy atom. The zero-order valence-corrected chi connectivity index (χ0v) is 10.6. The van der Waals surface area contributed by atoms with Crippen LogP contribution < -0.4 is 15.2 Å². The van der Waals surface area contributed by atoms with Gasteiger partial charge in [-0.1, -0.05) is 12.1 Å². The molecular weight excluding hydrogens is 240 g/mol. The van der Waals surface area contributed by atoms with Crippen LogP contribution in [0, 0.1) is 11.3 Å². The fourth-order valence-electron chi connectivity index (χ4n) is 1.61. The van der Waals surface area contributed by atoms with Gasteiger partial charge in [-0.05, 0) is 29.8 Å². The minimum atomic E-state index is 0.392. The Bertz CT molecular complexity index is 601. The van der Waals surface area contributed by atoms with Crippen LogP contribution in [0.5, 0.6) is 11.5 Å². The molecule has 4 nitrogen and oxygen atoms in total. The normalized spacial score (nSPS) is 9.68. The van der Waals surface area contributed by atoms with E-state index in [2.05, 4.69) is 6.07 Å². The molecule has 4 heteroatoms. The SMILES string of the molecule is COc1ccc(COc2cc(C#N)ccc2N)cc1. The Kier molecular flexibility index (Phi) is 3.89. The van der Waals surface area contributed by atoms with Crippen LogP contribution in [-0.2, 0) is 6.61 Å². The zero-order valence-electron chi connectivity index (χ0n) is 10.6. The first-order valence-electron chi connectivity index (χ1n) is 5.78. The second-order valence-electron chi connectivity index (χ2n) is 4.00. The Labute approximate surface area is 112 Å². The van der Waals surface area contributed by atoms with Crippen LogP contribution >= 0.6 is 0 Å². The Morgan fingerprint density at radius 2 is 1.89 bits per heavy atom. The number of nitrogens with zero attached hydrogens (tertiary/aromatic N) is 1. The Balaban J connectivity index is 2.07. The Morgan fingerprint density at radius 3 is 2.53 bits per heavy atom. The van der Waals surface area contributed by atoms with E-state index in [1.54, 1.807) is 25.3 Å². The van der Waals surface area contributed by atoms with Gasteiger partial charge in [-0.3, -0.25) is 0 Å². The second kappa shape index (κ2) is 5.78. The lowest BCUT2D eigenvalue weighted by Crippen LogP contribution is -1.99. The van der Waals surface area contributed by atoms with E-state index in [9.17, 15) is 0 Å². The lowest BCUT2D eigenvalue weighted by molar-refractivity contribution is 0.307. The van der Waals surface area contributed by atoms with E-state index in [0.717, 1.165) is 11.3 Å². The van der Waals surface area contributed by atoms with Gasteiger partial charge in [-0.15, -0.1) is 0 Å². The van der Waals surface area contributed by atoms with Crippen LogP contribution in [-0.4, -0.2) is 7.11 Å². The lowest BCUT2D eigenvalue weighted by Gasteiger charge is -2.09. The molecule has 2 aromatic carbocycles. The van der Waals surface area contributed by atoms with Crippen molar-refractivity contribution in [2.75, 3.05) is 12.8 Å². The number of nitrogen functional groups attached to an aromatic ring is 1. The van der Waals surface area contributed by atoms with Crippen molar-refractivity contribution in [2.24, 2.45) is 0 Å². The molecular formula is C15H14N2O2. The molecule has 0 aliphatic heterocycles. The molecule has 0 radical (unpaired) electrons. The number of benzene rings is 2. The molecule has 2 aromatic rings. The summed E-state index contributed by atoms with van der Waals surface area (Å²) in [7, 11) is 1.62. The maximum Gasteiger partial charge on any atom is 0.144 e. The second-order valence-corrected chi connectivity index (χ2v) is 4.00. The van der Waals surface area contributed by atoms with Crippen LogP contribution in [0.2, 0.25) is 0 Å². The van der Waals surface area contributed by atoms with Crippen molar-refractivity contribution >= 4 is 5.69 Å². The van der Waals surface area contributed by atoms with Gasteiger partial charge in [-0.25, -0.2) is 0 Å². The molecule has 0 heterocycles. The first-order valence-corrected chi connectivity index (χ1v) is 5.78. The predicted octanol–water partition coefficient (Wildman–Crippen LogP) is 2.73. The lowest BCUT2D eigenvalue weighted by atomic mass is 10.2. The first kappa shape index (κ1) is 12.8. The summed E-state index contributed by atoms with van der Waals surface area (Å²) in [5.41, 5.74) is 7.85. The number of rotatable bonds is 4. The molecule has 0 aromatic heterocycles. The van der Waals surface area contributed by atoms with Crippen molar-refractivity contribution in [2.45, 2.75) is 6.61 Å². The average molecular weight is 254 g/mol. The molecule has 0 saturated carbocycles. The summed E-state index contributed by atoms with van der Waals surface area (Å²) in [6.07, 6.45) is 0. The van der Waals surface area contributed by atoms with E-state index < -0.39 is 0 Å². The predicted molar refractivity (Wildman–Crippen MR) is 72.9 cm³/mol. The quantitative estimate of drug-likeness (QED) is 0.852. The fraction of sp³-hybridized carbons (Fsp3) is 0.133. The van der Waals surface area contributed by atoms with E-state index in [1.807, 2.05) is 24.3 Å². The van der Waals surface area contributed by atoms with Crippen LogP contribution in [0.3, 0.4) is 0 Å². The van der Waals surface area contributed by atoms with E-state index in [4.69, 9.17) is 20.5 Å². The molecule has 0 spiro atoms. The molecule has 0 saturated heterocycles. The van der Waals surface area contributed by atoms with Crippen molar-refractivity contribution in [3.05, 3.63) is 53.6 Å². The number of hydrogen-bond acceptors (Lipinski definition) is 4. The first-order chi connectivity index (χ1) is 9.22. The molecule has 0 unspecified atom stereocenters. The third-order valence-corrected chi connectivity index (χ3v) is 2.70. The summed E-state index contributed by atoms with van der Waals surface area (Å²) < 4.78 is 10.7. The largest absolute Gasteiger partial charge is 0.497 e. The maximum atomic E-state index is 8.84. The highest BCUT2D eigenvalue weighted by Gasteiger charge is 2.03. The summed E-state index contributed by atoms with van der Waals surface area (Å²) in [4.78, 5) is 0. The van der Waals surface area contributed by atoms with Gasteiger partial charge in [0.25, 0.3) is 0 Å². The molecule has 0 aliphatic rings. The monoisotopic (exact) mass is 254 g/mol. The fourth-order valence-corrected chi connectivity index (χ4v) is 1.61. The van der Waals surface area contributed by atoms with Crippen molar-refractivity contribution in [3.63, 3.8) is 0 Å². The number of anilines is 1. The van der Waals surface area contributed by atoms with Crippen LogP contribution in [0.4, 0.5) is 5.69 Å². The highest BCUT2D eigenvalue weighted by atomic mass is 16.5. The van der Waals surface area contributed by atoms with Gasteiger partial charge in [0.1, 0.15) is 18.1 Å². The minimum absolute atomic E-state index is 0.392. The van der Waals surface area contributed by atoms with Crippen LogP contribution in [0.25, 0.3) is 0 Å². The van der Waals surface area contributed by atoms with Crippen LogP contribution in [0.15, 0.2) is 42.5 Å². The molecule has 19 heavy (non-hydrogen) atoms. The van der Waals surface area contributed by atoms with Crippen LogP contribution in [0.1, 0.15) is 11.1 Å². The minimum Gasteiger partial charge on any atom is -0.497 e. The van der Waals surface area contributed by atoms with Crippen molar-refractivity contribution in [1.82, 2.24) is 0 Å². The van der Waals surface area contributed by atoms with E-state index in [0.29, 0.717) is 23.6 Å². The molecule has 96 valence electrons. The summed E-state index contributed by atoms with van der Waals surface area (Å²) in [6, 6.07) is 14.6. The number of ether oxygens (including phenoxy) is 2. The molecule has 2 rings (SSSR count). The summed E-state index contributed by atoms with van der Waals surface area (Å²) in [6.45, 7) is 0.392. The van der Waals surface area contributed by atoms with Gasteiger partial charge in [0.15, 0.2) is 0 Å². The van der Waals surface area contributed by atoms with Crippen molar-refractivity contribution in [3.8, 4) is 17.6 Å². The van der Waals surface area contributed by atoms with Gasteiger partial charge in [0, 0.05) is 6.07 Å². The molecule has 0 bridgehead atoms. The summed E-state index contributed by atoms with van der Waals surface area (Å²) in [5, 5.41) is 8.84. The molecule has 0 aliphatic carbocycles. The number of methoxy groups -OCH3 is 1. The van der Waals surface area contributed by atoms with Gasteiger partial charge in [-0.2, -0.15) is 5.26 Å². The maximum absolute atomic E-state index is 8.84. The highest BCUT2D eigenvalue weighted by Crippen LogP contribution is 2.23. The van der Waals surface area contributed by atoms with Gasteiger partial charge < -0.3 is 15.2 Å². The Hall–Kier alpha value is -2.67. The van der Waals surface area contributed by atoms with Crippen molar-refractivity contribution < 1.29 is 9.47 Å². The molecule has 0 fully saturated rings. The number of nitrogens with two attached hydrogens (primary N) is 1. The topological polar surface area (TPSA) is 68.3 Å². The van der Waals surface area contributed by atoms with Gasteiger partial charge in [0.2, 0.25) is 0 Å². The number of nitriles is 1. The van der Waals surface area contributed by atoms with E-state index in [1.165, 1.54) is 0 Å². The van der Waals surface area contributed by atoms with Gasteiger partial charge in [0.05, 0.1) is 24.4 Å². The summed E-state index contributed by atoms with van der Waals surface area (Å²) >= 11 is 0. The zero-order chi connectivity index (χ0) is 13.7. The smallest absolute Gasteiger partial charge is 0.144 e. The molecule has 2 N–H and O–H groups in total. The summed E-state index contributed by atoms with van der Waals surface area (Å²) in [5.74, 6) is 1.32. The standard InChI is InChI=1S/C15H14N2O2/c1-18-13-5-2-11(3-6-13)10-19-15-8-12(9-16)4-7-14(15)17/h2-8H,10,17H2,1H3. The molecule has 0 amide bonds. The average Bonchev–Trinajstić information content (AvgIpc) is 2.47. The highest BCUT2D eigenvalue weighted by molar-refractivity contribution is 5.56. The van der Waals surface area contributed by atoms with E-state index in [-0.39, 0.29) is 0 Å². The molecule has 0 atom stereocenters. The van der Waals surface area contributed by atoms with Gasteiger partial charge >= 0.3 is 0 Å². The van der Waals surface area contributed by atoms with Crippen molar-refractivity contribution in [1.29, 1.82) is 5.26 Å². The third kappa shape index (κ3) is 3.17. The third-order valence-electron chi connectivity index (χ3n) is 2.70.